The number of aliphatic hydroxyl groups excluding tert-OH is 1. The van der Waals surface area contributed by atoms with Gasteiger partial charge in [-0.25, -0.2) is 0 Å². The van der Waals surface area contributed by atoms with Crippen LogP contribution in [-0.2, 0) is 11.3 Å². The maximum Gasteiger partial charge on any atom is 0.248 e. The Morgan fingerprint density at radius 3 is 2.57 bits per heavy atom. The molecule has 1 aromatic rings. The third-order valence-corrected chi connectivity index (χ3v) is 5.45. The Morgan fingerprint density at radius 1 is 1.26 bits per heavy atom. The average Bonchev–Trinajstić information content (AvgIpc) is 2.56. The number of hydrogen-bond donors (Lipinski definition) is 2. The normalized spacial score (nSPS) is 24.7. The number of nitrogens with two attached hydrogens (primary N) is 1. The van der Waals surface area contributed by atoms with E-state index in [2.05, 4.69) is 4.90 Å². The maximum atomic E-state index is 11.2. The van der Waals surface area contributed by atoms with Gasteiger partial charge in [-0.1, -0.05) is 12.1 Å². The molecule has 3 rings (SSSR count). The number of carbonyl (C=O) groups is 1. The molecule has 1 aromatic carbocycles. The number of likely N-dealkylation sites (tertiary alicyclic amines) is 1. The number of ether oxygens (including phenoxy) is 1. The van der Waals surface area contributed by atoms with Crippen LogP contribution in [0.1, 0.15) is 41.6 Å². The van der Waals surface area contributed by atoms with Gasteiger partial charge in [0.2, 0.25) is 5.91 Å². The van der Waals surface area contributed by atoms with Crippen LogP contribution in [0.4, 0.5) is 0 Å². The van der Waals surface area contributed by atoms with Crippen LogP contribution in [0, 0.1) is 5.41 Å². The summed E-state index contributed by atoms with van der Waals surface area (Å²) < 4.78 is 5.53. The first-order valence-electron chi connectivity index (χ1n) is 8.43. The maximum absolute atomic E-state index is 11.2. The van der Waals surface area contributed by atoms with Gasteiger partial charge in [-0.3, -0.25) is 9.69 Å². The van der Waals surface area contributed by atoms with E-state index in [0.29, 0.717) is 11.0 Å². The fourth-order valence-corrected chi connectivity index (χ4v) is 3.91. The van der Waals surface area contributed by atoms with E-state index in [9.17, 15) is 9.90 Å². The van der Waals surface area contributed by atoms with E-state index in [1.54, 1.807) is 12.1 Å². The van der Waals surface area contributed by atoms with Crippen molar-refractivity contribution < 1.29 is 14.6 Å². The zero-order valence-electron chi connectivity index (χ0n) is 13.5. The smallest absolute Gasteiger partial charge is 0.248 e. The first-order valence-corrected chi connectivity index (χ1v) is 8.43. The molecule has 5 heteroatoms. The molecule has 1 spiro atoms. The molecule has 1 amide bonds. The van der Waals surface area contributed by atoms with Crippen molar-refractivity contribution >= 4 is 5.91 Å². The number of amides is 1. The Labute approximate surface area is 137 Å². The van der Waals surface area contributed by atoms with Crippen LogP contribution in [0.2, 0.25) is 0 Å². The van der Waals surface area contributed by atoms with Crippen LogP contribution in [-0.4, -0.2) is 48.3 Å². The predicted molar refractivity (Wildman–Crippen MR) is 88.0 cm³/mol. The first kappa shape index (κ1) is 16.4. The topological polar surface area (TPSA) is 75.8 Å². The van der Waals surface area contributed by atoms with Crippen LogP contribution in [0.15, 0.2) is 24.3 Å². The van der Waals surface area contributed by atoms with Crippen molar-refractivity contribution in [3.05, 3.63) is 35.4 Å². The van der Waals surface area contributed by atoms with Gasteiger partial charge in [0.05, 0.1) is 6.61 Å². The van der Waals surface area contributed by atoms with Crippen LogP contribution < -0.4 is 5.73 Å². The van der Waals surface area contributed by atoms with Gasteiger partial charge in [-0.15, -0.1) is 0 Å². The summed E-state index contributed by atoms with van der Waals surface area (Å²) in [4.78, 5) is 13.6. The Kier molecular flexibility index (Phi) is 4.99. The van der Waals surface area contributed by atoms with E-state index in [4.69, 9.17) is 10.5 Å². The van der Waals surface area contributed by atoms with Gasteiger partial charge in [-0.05, 0) is 48.8 Å². The van der Waals surface area contributed by atoms with Gasteiger partial charge in [0.15, 0.2) is 0 Å². The van der Waals surface area contributed by atoms with Gasteiger partial charge in [0.25, 0.3) is 0 Å². The lowest BCUT2D eigenvalue weighted by molar-refractivity contribution is -0.0550. The van der Waals surface area contributed by atoms with Crippen LogP contribution in [0.3, 0.4) is 0 Å². The molecule has 23 heavy (non-hydrogen) atoms. The number of rotatable bonds is 4. The second kappa shape index (κ2) is 6.99. The molecule has 2 aliphatic rings. The zero-order valence-corrected chi connectivity index (χ0v) is 13.5. The summed E-state index contributed by atoms with van der Waals surface area (Å²) in [6, 6.07) is 7.69. The number of nitrogens with zero attached hydrogens (tertiary/aromatic N) is 1. The minimum absolute atomic E-state index is 0.200. The summed E-state index contributed by atoms with van der Waals surface area (Å²) in [6.07, 6.45) is 4.44. The largest absolute Gasteiger partial charge is 0.395 e. The van der Waals surface area contributed by atoms with Crippen molar-refractivity contribution in [2.45, 2.75) is 38.3 Å². The van der Waals surface area contributed by atoms with E-state index in [1.165, 1.54) is 6.42 Å². The Morgan fingerprint density at radius 2 is 1.96 bits per heavy atom. The molecule has 2 aliphatic heterocycles. The van der Waals surface area contributed by atoms with E-state index < -0.39 is 5.91 Å². The molecule has 1 unspecified atom stereocenters. The highest BCUT2D eigenvalue weighted by Gasteiger charge is 2.40. The third kappa shape index (κ3) is 3.74. The quantitative estimate of drug-likeness (QED) is 0.883. The average molecular weight is 318 g/mol. The second-order valence-electron chi connectivity index (χ2n) is 6.95. The number of primary amides is 1. The third-order valence-electron chi connectivity index (χ3n) is 5.45. The summed E-state index contributed by atoms with van der Waals surface area (Å²) in [5.41, 5.74) is 7.32. The molecule has 126 valence electrons. The number of carbonyl (C=O) groups excluding carboxylic acids is 1. The van der Waals surface area contributed by atoms with E-state index >= 15 is 0 Å². The van der Waals surface area contributed by atoms with Crippen molar-refractivity contribution in [2.24, 2.45) is 11.1 Å². The second-order valence-corrected chi connectivity index (χ2v) is 6.95. The molecule has 2 fully saturated rings. The van der Waals surface area contributed by atoms with Gasteiger partial charge in [-0.2, -0.15) is 0 Å². The molecule has 2 saturated heterocycles. The highest BCUT2D eigenvalue weighted by molar-refractivity contribution is 5.92. The molecular formula is C18H26N2O3. The van der Waals surface area contributed by atoms with Gasteiger partial charge in [0.1, 0.15) is 0 Å². The molecule has 5 nitrogen and oxygen atoms in total. The Hall–Kier alpha value is -1.43. The lowest BCUT2D eigenvalue weighted by atomic mass is 9.72. The SMILES string of the molecule is NC(=O)c1ccc(CN2CC3(CCOCC3)CCC2CO)cc1. The summed E-state index contributed by atoms with van der Waals surface area (Å²) in [5.74, 6) is -0.399. The summed E-state index contributed by atoms with van der Waals surface area (Å²) in [7, 11) is 0. The minimum Gasteiger partial charge on any atom is -0.395 e. The van der Waals surface area contributed by atoms with Crippen molar-refractivity contribution in [2.75, 3.05) is 26.4 Å². The molecule has 1 atom stereocenters. The number of benzene rings is 1. The molecule has 0 aliphatic carbocycles. The fourth-order valence-electron chi connectivity index (χ4n) is 3.91. The van der Waals surface area contributed by atoms with E-state index in [0.717, 1.165) is 51.1 Å². The summed E-state index contributed by atoms with van der Waals surface area (Å²) in [6.45, 7) is 3.72. The van der Waals surface area contributed by atoms with Crippen molar-refractivity contribution in [3.63, 3.8) is 0 Å². The molecule has 3 N–H and O–H groups in total. The first-order chi connectivity index (χ1) is 11.1. The monoisotopic (exact) mass is 318 g/mol. The number of aliphatic hydroxyl groups is 1. The highest BCUT2D eigenvalue weighted by Crippen LogP contribution is 2.41. The molecule has 0 bridgehead atoms. The van der Waals surface area contributed by atoms with Gasteiger partial charge < -0.3 is 15.6 Å². The van der Waals surface area contributed by atoms with Crippen molar-refractivity contribution in [1.29, 1.82) is 0 Å². The fraction of sp³-hybridized carbons (Fsp3) is 0.611. The van der Waals surface area contributed by atoms with E-state index in [-0.39, 0.29) is 12.6 Å². The lowest BCUT2D eigenvalue weighted by Gasteiger charge is -2.48. The standard InChI is InChI=1S/C18H26N2O3/c19-17(22)15-3-1-14(2-4-15)11-20-13-18(6-5-16(20)12-21)7-9-23-10-8-18/h1-4,16,21H,5-13H2,(H2,19,22). The Bertz CT molecular complexity index is 538. The molecule has 0 aromatic heterocycles. The van der Waals surface area contributed by atoms with Crippen molar-refractivity contribution in [3.8, 4) is 0 Å². The van der Waals surface area contributed by atoms with Crippen LogP contribution in [0.5, 0.6) is 0 Å². The number of hydrogen-bond acceptors (Lipinski definition) is 4. The van der Waals surface area contributed by atoms with Crippen LogP contribution >= 0.6 is 0 Å². The summed E-state index contributed by atoms with van der Waals surface area (Å²) in [5, 5.41) is 9.72. The molecular weight excluding hydrogens is 292 g/mol. The predicted octanol–water partition coefficient (Wildman–Crippen LogP) is 1.54. The lowest BCUT2D eigenvalue weighted by Crippen LogP contribution is -2.51. The highest BCUT2D eigenvalue weighted by atomic mass is 16.5. The molecule has 2 heterocycles. The van der Waals surface area contributed by atoms with Crippen LogP contribution in [0.25, 0.3) is 0 Å². The Balaban J connectivity index is 1.71. The number of piperidine rings is 1. The zero-order chi connectivity index (χ0) is 16.3. The summed E-state index contributed by atoms with van der Waals surface area (Å²) >= 11 is 0. The minimum atomic E-state index is -0.399. The molecule has 0 saturated carbocycles. The van der Waals surface area contributed by atoms with Gasteiger partial charge in [0, 0.05) is 37.9 Å². The molecule has 0 radical (unpaired) electrons. The van der Waals surface area contributed by atoms with E-state index in [1.807, 2.05) is 12.1 Å². The van der Waals surface area contributed by atoms with Crippen molar-refractivity contribution in [1.82, 2.24) is 4.90 Å². The van der Waals surface area contributed by atoms with Gasteiger partial charge >= 0.3 is 0 Å².